The molecule has 3 aromatic rings. The molecule has 216 valence electrons. The van der Waals surface area contributed by atoms with Crippen LogP contribution in [0.15, 0.2) is 30.7 Å². The molecule has 4 N–H and O–H groups in total. The quantitative estimate of drug-likeness (QED) is 0.263. The molecule has 0 aliphatic heterocycles. The first-order chi connectivity index (χ1) is 18.9. The highest BCUT2D eigenvalue weighted by molar-refractivity contribution is 5.98. The lowest BCUT2D eigenvalue weighted by Crippen LogP contribution is -2.36. The molecule has 0 spiro atoms. The number of hydrogen-bond donors (Lipinski definition) is 3. The van der Waals surface area contributed by atoms with Gasteiger partial charge in [-0.25, -0.2) is 19.0 Å². The Bertz CT molecular complexity index is 1310. The second-order valence-electron chi connectivity index (χ2n) is 9.98. The Balaban J connectivity index is 1.92. The molecular weight excluding hydrogens is 523 g/mol. The Morgan fingerprint density at radius 1 is 1.23 bits per heavy atom. The van der Waals surface area contributed by atoms with Crippen LogP contribution in [0.3, 0.4) is 0 Å². The summed E-state index contributed by atoms with van der Waals surface area (Å²) in [4.78, 5) is 33.2. The van der Waals surface area contributed by atoms with Crippen LogP contribution in [0, 0.1) is 11.7 Å². The molecule has 2 atom stereocenters. The highest BCUT2D eigenvalue weighted by Gasteiger charge is 2.26. The summed E-state index contributed by atoms with van der Waals surface area (Å²) in [6, 6.07) is 2.12. The van der Waals surface area contributed by atoms with Gasteiger partial charge in [0.1, 0.15) is 17.1 Å². The molecule has 0 fully saturated rings. The van der Waals surface area contributed by atoms with Gasteiger partial charge in [0.05, 0.1) is 56.0 Å². The molecule has 0 saturated carbocycles. The highest BCUT2D eigenvalue weighted by atomic mass is 19.1. The number of aromatic nitrogens is 5. The maximum absolute atomic E-state index is 15.2. The SMILES string of the molecule is CCOC[C@@H](Nc1nc(Nc2cnc(OC)c(-n3ccnn3)c2)c(C(N)=O)cc1F)[C@H](C)CC(=O)OC(C)(C)C. The number of anilines is 3. The van der Waals surface area contributed by atoms with E-state index in [1.165, 1.54) is 24.2 Å². The molecule has 3 rings (SSSR count). The third-order valence-corrected chi connectivity index (χ3v) is 5.62. The number of esters is 1. The number of primary amides is 1. The van der Waals surface area contributed by atoms with Crippen LogP contribution in [0.2, 0.25) is 0 Å². The molecule has 3 heterocycles. The molecule has 14 heteroatoms. The van der Waals surface area contributed by atoms with Gasteiger partial charge in [-0.3, -0.25) is 9.59 Å². The fourth-order valence-electron chi connectivity index (χ4n) is 3.73. The molecule has 0 bridgehead atoms. The van der Waals surface area contributed by atoms with Crippen molar-refractivity contribution < 1.29 is 28.2 Å². The van der Waals surface area contributed by atoms with Crippen LogP contribution in [0.25, 0.3) is 5.69 Å². The number of nitrogens with two attached hydrogens (primary N) is 1. The van der Waals surface area contributed by atoms with E-state index >= 15 is 4.39 Å². The van der Waals surface area contributed by atoms with E-state index in [1.54, 1.807) is 33.0 Å². The summed E-state index contributed by atoms with van der Waals surface area (Å²) < 4.78 is 32.9. The normalized spacial score (nSPS) is 12.9. The summed E-state index contributed by atoms with van der Waals surface area (Å²) in [5.41, 5.74) is 5.56. The number of nitrogens with one attached hydrogen (secondary N) is 2. The Morgan fingerprint density at radius 2 is 1.98 bits per heavy atom. The predicted octanol–water partition coefficient (Wildman–Crippen LogP) is 3.23. The van der Waals surface area contributed by atoms with Gasteiger partial charge in [-0.1, -0.05) is 12.1 Å². The number of amides is 1. The van der Waals surface area contributed by atoms with Crippen LogP contribution in [-0.4, -0.2) is 68.8 Å². The van der Waals surface area contributed by atoms with Crippen LogP contribution in [0.1, 0.15) is 51.4 Å². The van der Waals surface area contributed by atoms with Gasteiger partial charge in [0.15, 0.2) is 11.6 Å². The summed E-state index contributed by atoms with van der Waals surface area (Å²) in [5.74, 6) is -2.29. The van der Waals surface area contributed by atoms with Gasteiger partial charge in [-0.05, 0) is 45.7 Å². The summed E-state index contributed by atoms with van der Waals surface area (Å²) in [6.07, 6.45) is 4.61. The molecule has 0 unspecified atom stereocenters. The Labute approximate surface area is 231 Å². The van der Waals surface area contributed by atoms with Crippen molar-refractivity contribution >= 4 is 29.2 Å². The van der Waals surface area contributed by atoms with Crippen LogP contribution in [-0.2, 0) is 14.3 Å². The molecule has 0 radical (unpaired) electrons. The average Bonchev–Trinajstić information content (AvgIpc) is 3.41. The first-order valence-corrected chi connectivity index (χ1v) is 12.7. The minimum atomic E-state index is -0.886. The standard InChI is InChI=1S/C26H35FN8O5/c1-7-39-14-19(15(2)10-21(36)40-26(3,4)5)32-24-18(27)12-17(22(28)37)23(33-24)31-16-11-20(25(38-6)29-13-16)35-9-8-30-34-35/h8-9,11-13,15,19H,7,10,14H2,1-6H3,(H2,28,37)(H2,31,32,33)/t15-,19-/m1/s1. The summed E-state index contributed by atoms with van der Waals surface area (Å²) in [6.45, 7) is 9.59. The second-order valence-corrected chi connectivity index (χ2v) is 9.98. The molecule has 1 amide bonds. The smallest absolute Gasteiger partial charge is 0.306 e. The zero-order chi connectivity index (χ0) is 29.4. The third-order valence-electron chi connectivity index (χ3n) is 5.62. The zero-order valence-electron chi connectivity index (χ0n) is 23.4. The summed E-state index contributed by atoms with van der Waals surface area (Å²) >= 11 is 0. The Morgan fingerprint density at radius 3 is 2.58 bits per heavy atom. The van der Waals surface area contributed by atoms with Crippen molar-refractivity contribution in [3.8, 4) is 11.6 Å². The minimum Gasteiger partial charge on any atom is -0.479 e. The first-order valence-electron chi connectivity index (χ1n) is 12.7. The number of nitrogens with zero attached hydrogens (tertiary/aromatic N) is 5. The Kier molecular flexibility index (Phi) is 9.93. The van der Waals surface area contributed by atoms with Crippen molar-refractivity contribution in [1.82, 2.24) is 25.0 Å². The minimum absolute atomic E-state index is 0.0112. The molecule has 0 aliphatic rings. The molecule has 13 nitrogen and oxygen atoms in total. The second kappa shape index (κ2) is 13.2. The van der Waals surface area contributed by atoms with Crippen molar-refractivity contribution in [2.45, 2.75) is 52.7 Å². The van der Waals surface area contributed by atoms with Gasteiger partial charge in [0, 0.05) is 6.61 Å². The van der Waals surface area contributed by atoms with Gasteiger partial charge >= 0.3 is 5.97 Å². The topological polar surface area (TPSA) is 168 Å². The van der Waals surface area contributed by atoms with Crippen LogP contribution in [0.5, 0.6) is 5.88 Å². The van der Waals surface area contributed by atoms with Gasteiger partial charge < -0.3 is 30.6 Å². The fraction of sp³-hybridized carbons (Fsp3) is 0.462. The monoisotopic (exact) mass is 558 g/mol. The number of methoxy groups -OCH3 is 1. The first kappa shape index (κ1) is 30.2. The number of carbonyl (C=O) groups excluding carboxylic acids is 2. The number of hydrogen-bond acceptors (Lipinski definition) is 11. The van der Waals surface area contributed by atoms with Gasteiger partial charge in [-0.2, -0.15) is 0 Å². The van der Waals surface area contributed by atoms with Crippen molar-refractivity contribution in [2.75, 3.05) is 31.0 Å². The molecule has 3 aromatic heterocycles. The van der Waals surface area contributed by atoms with E-state index in [2.05, 4.69) is 30.9 Å². The number of carbonyl (C=O) groups is 2. The third kappa shape index (κ3) is 8.09. The van der Waals surface area contributed by atoms with Crippen LogP contribution >= 0.6 is 0 Å². The van der Waals surface area contributed by atoms with E-state index in [0.717, 1.165) is 6.07 Å². The lowest BCUT2D eigenvalue weighted by atomic mass is 9.98. The van der Waals surface area contributed by atoms with Crippen LogP contribution in [0.4, 0.5) is 21.7 Å². The maximum atomic E-state index is 15.2. The van der Waals surface area contributed by atoms with E-state index in [4.69, 9.17) is 19.9 Å². The largest absolute Gasteiger partial charge is 0.479 e. The number of ether oxygens (including phenoxy) is 3. The van der Waals surface area contributed by atoms with Gasteiger partial charge in [0.2, 0.25) is 5.88 Å². The highest BCUT2D eigenvalue weighted by Crippen LogP contribution is 2.28. The molecule has 0 aliphatic carbocycles. The molecular formula is C26H35FN8O5. The number of pyridine rings is 2. The van der Waals surface area contributed by atoms with Crippen molar-refractivity contribution in [3.63, 3.8) is 0 Å². The van der Waals surface area contributed by atoms with Gasteiger partial charge in [-0.15, -0.1) is 5.10 Å². The molecule has 0 aromatic carbocycles. The molecule has 0 saturated heterocycles. The lowest BCUT2D eigenvalue weighted by molar-refractivity contribution is -0.156. The number of rotatable bonds is 13. The Hall–Kier alpha value is -4.33. The van der Waals surface area contributed by atoms with E-state index < -0.39 is 29.3 Å². The van der Waals surface area contributed by atoms with Crippen molar-refractivity contribution in [1.29, 1.82) is 0 Å². The van der Waals surface area contributed by atoms with Gasteiger partial charge in [0.25, 0.3) is 5.91 Å². The predicted molar refractivity (Wildman–Crippen MR) is 145 cm³/mol. The lowest BCUT2D eigenvalue weighted by Gasteiger charge is -2.27. The summed E-state index contributed by atoms with van der Waals surface area (Å²) in [7, 11) is 1.46. The van der Waals surface area contributed by atoms with E-state index in [-0.39, 0.29) is 42.0 Å². The van der Waals surface area contributed by atoms with Crippen molar-refractivity contribution in [2.24, 2.45) is 11.7 Å². The fourth-order valence-corrected chi connectivity index (χ4v) is 3.73. The van der Waals surface area contributed by atoms with E-state index in [0.29, 0.717) is 18.0 Å². The van der Waals surface area contributed by atoms with Crippen LogP contribution < -0.4 is 21.1 Å². The zero-order valence-corrected chi connectivity index (χ0v) is 23.4. The number of halogens is 1. The van der Waals surface area contributed by atoms with E-state index in [9.17, 15) is 9.59 Å². The molecule has 40 heavy (non-hydrogen) atoms. The maximum Gasteiger partial charge on any atom is 0.306 e. The summed E-state index contributed by atoms with van der Waals surface area (Å²) in [5, 5.41) is 13.7. The van der Waals surface area contributed by atoms with Crippen molar-refractivity contribution in [3.05, 3.63) is 42.1 Å². The van der Waals surface area contributed by atoms with E-state index in [1.807, 2.05) is 13.8 Å². The average molecular weight is 559 g/mol.